The molecule has 0 atom stereocenters. The summed E-state index contributed by atoms with van der Waals surface area (Å²) in [4.78, 5) is 12.3. The number of hydrogen-bond acceptors (Lipinski definition) is 3. The van der Waals surface area contributed by atoms with E-state index in [1.165, 1.54) is 12.1 Å². The zero-order chi connectivity index (χ0) is 21.3. The molecule has 2 rings (SSSR count). The normalized spacial score (nSPS) is 10.7. The van der Waals surface area contributed by atoms with Gasteiger partial charge >= 0.3 is 6.18 Å². The first kappa shape index (κ1) is 22.2. The molecule has 0 aliphatic rings. The Morgan fingerprint density at radius 1 is 1.07 bits per heavy atom. The summed E-state index contributed by atoms with van der Waals surface area (Å²) in [7, 11) is 0. The number of hydrogen-bond donors (Lipinski definition) is 1. The minimum atomic E-state index is -4.42. The molecule has 0 aliphatic carbocycles. The maximum absolute atomic E-state index is 12.7. The Morgan fingerprint density at radius 2 is 1.86 bits per heavy atom. The van der Waals surface area contributed by atoms with Crippen molar-refractivity contribution in [2.45, 2.75) is 26.4 Å². The first-order valence-electron chi connectivity index (χ1n) is 9.19. The summed E-state index contributed by atoms with van der Waals surface area (Å²) in [5.41, 5.74) is -0.162. The summed E-state index contributed by atoms with van der Waals surface area (Å²) in [6, 6.07) is 9.60. The van der Waals surface area contributed by atoms with Gasteiger partial charge in [0.05, 0.1) is 25.3 Å². The second-order valence-corrected chi connectivity index (χ2v) is 6.01. The van der Waals surface area contributed by atoms with E-state index in [9.17, 15) is 18.0 Å². The van der Waals surface area contributed by atoms with E-state index in [2.05, 4.69) is 17.2 Å². The maximum atomic E-state index is 12.7. The van der Waals surface area contributed by atoms with Crippen LogP contribution in [0.15, 0.2) is 42.5 Å². The van der Waals surface area contributed by atoms with Crippen molar-refractivity contribution in [2.75, 3.05) is 19.8 Å². The molecule has 0 fully saturated rings. The van der Waals surface area contributed by atoms with Crippen molar-refractivity contribution < 1.29 is 27.4 Å². The third kappa shape index (κ3) is 6.75. The van der Waals surface area contributed by atoms with E-state index in [0.29, 0.717) is 30.3 Å². The fourth-order valence-corrected chi connectivity index (χ4v) is 2.39. The Kier molecular flexibility index (Phi) is 7.96. The molecule has 0 spiro atoms. The van der Waals surface area contributed by atoms with Crippen LogP contribution in [0.3, 0.4) is 0 Å². The lowest BCUT2D eigenvalue weighted by atomic mass is 10.1. The first-order chi connectivity index (χ1) is 13.8. The molecule has 4 nitrogen and oxygen atoms in total. The van der Waals surface area contributed by atoms with E-state index in [4.69, 9.17) is 9.47 Å². The van der Waals surface area contributed by atoms with Crippen LogP contribution in [0.1, 0.15) is 41.8 Å². The molecule has 1 amide bonds. The van der Waals surface area contributed by atoms with E-state index in [0.717, 1.165) is 18.6 Å². The molecule has 7 heteroatoms. The van der Waals surface area contributed by atoms with Crippen molar-refractivity contribution in [3.63, 3.8) is 0 Å². The highest BCUT2D eigenvalue weighted by Gasteiger charge is 2.30. The van der Waals surface area contributed by atoms with Crippen LogP contribution < -0.4 is 14.8 Å². The minimum absolute atomic E-state index is 0.00681. The van der Waals surface area contributed by atoms with Crippen LogP contribution >= 0.6 is 0 Å². The van der Waals surface area contributed by atoms with Gasteiger partial charge in [-0.1, -0.05) is 24.8 Å². The molecule has 2 aromatic rings. The largest absolute Gasteiger partial charge is 0.490 e. The van der Waals surface area contributed by atoms with E-state index >= 15 is 0 Å². The van der Waals surface area contributed by atoms with Gasteiger partial charge in [-0.3, -0.25) is 4.79 Å². The summed E-state index contributed by atoms with van der Waals surface area (Å²) in [5, 5.41) is 2.61. The number of benzene rings is 2. The van der Waals surface area contributed by atoms with Crippen LogP contribution in [-0.2, 0) is 6.18 Å². The van der Waals surface area contributed by atoms with Gasteiger partial charge in [0, 0.05) is 11.1 Å². The van der Waals surface area contributed by atoms with E-state index < -0.39 is 11.7 Å². The van der Waals surface area contributed by atoms with Crippen molar-refractivity contribution in [1.82, 2.24) is 5.32 Å². The molecular weight excluding hydrogens is 383 g/mol. The van der Waals surface area contributed by atoms with Gasteiger partial charge in [0.15, 0.2) is 11.5 Å². The zero-order valence-corrected chi connectivity index (χ0v) is 16.2. The Labute approximate surface area is 168 Å². The Bertz CT molecular complexity index is 898. The average Bonchev–Trinajstić information content (AvgIpc) is 2.70. The van der Waals surface area contributed by atoms with Crippen LogP contribution in [0, 0.1) is 11.8 Å². The lowest BCUT2D eigenvalue weighted by Gasteiger charge is -2.12. The predicted octanol–water partition coefficient (Wildman–Crippen LogP) is 4.67. The predicted molar refractivity (Wildman–Crippen MR) is 104 cm³/mol. The van der Waals surface area contributed by atoms with Crippen LogP contribution in [-0.4, -0.2) is 25.7 Å². The minimum Gasteiger partial charge on any atom is -0.490 e. The van der Waals surface area contributed by atoms with Crippen molar-refractivity contribution in [3.05, 3.63) is 59.2 Å². The van der Waals surface area contributed by atoms with Crippen molar-refractivity contribution >= 4 is 5.91 Å². The van der Waals surface area contributed by atoms with Gasteiger partial charge in [-0.2, -0.15) is 13.2 Å². The third-order valence-electron chi connectivity index (χ3n) is 3.73. The fourth-order valence-electron chi connectivity index (χ4n) is 2.39. The molecule has 154 valence electrons. The van der Waals surface area contributed by atoms with Crippen LogP contribution in [0.2, 0.25) is 0 Å². The number of ether oxygens (including phenoxy) is 2. The summed E-state index contributed by atoms with van der Waals surface area (Å²) in [6.07, 6.45) is -3.57. The van der Waals surface area contributed by atoms with E-state index in [1.54, 1.807) is 18.2 Å². The van der Waals surface area contributed by atoms with Gasteiger partial charge in [0.1, 0.15) is 0 Å². The lowest BCUT2D eigenvalue weighted by Crippen LogP contribution is -2.23. The Balaban J connectivity index is 2.01. The molecule has 29 heavy (non-hydrogen) atoms. The standard InChI is InChI=1S/C22H22F3NO3/c1-3-13-29-19-11-10-17(15-20(19)28-4-2)21(27)26-12-6-8-16-7-5-9-18(14-16)22(23,24)25/h5,7,9-11,14-15H,3-4,12-13H2,1-2H3,(H,26,27). The van der Waals surface area contributed by atoms with E-state index in [-0.39, 0.29) is 18.0 Å². The second kappa shape index (κ2) is 10.4. The molecule has 1 N–H and O–H groups in total. The number of carbonyl (C=O) groups excluding carboxylic acids is 1. The second-order valence-electron chi connectivity index (χ2n) is 6.01. The third-order valence-corrected chi connectivity index (χ3v) is 3.73. The summed E-state index contributed by atoms with van der Waals surface area (Å²) in [5.74, 6) is 5.94. The van der Waals surface area contributed by atoms with Gasteiger partial charge in [-0.25, -0.2) is 0 Å². The molecule has 0 aromatic heterocycles. The topological polar surface area (TPSA) is 47.6 Å². The van der Waals surface area contributed by atoms with Gasteiger partial charge in [0.2, 0.25) is 0 Å². The fraction of sp³-hybridized carbons (Fsp3) is 0.318. The van der Waals surface area contributed by atoms with Crippen molar-refractivity contribution in [3.8, 4) is 23.3 Å². The molecule has 0 heterocycles. The number of amides is 1. The number of rotatable bonds is 7. The highest BCUT2D eigenvalue weighted by atomic mass is 19.4. The molecular formula is C22H22F3NO3. The number of carbonyl (C=O) groups is 1. The lowest BCUT2D eigenvalue weighted by molar-refractivity contribution is -0.137. The van der Waals surface area contributed by atoms with Crippen LogP contribution in [0.4, 0.5) is 13.2 Å². The highest BCUT2D eigenvalue weighted by Crippen LogP contribution is 2.30. The molecule has 0 radical (unpaired) electrons. The quantitative estimate of drug-likeness (QED) is 0.681. The number of nitrogens with one attached hydrogen (secondary N) is 1. The highest BCUT2D eigenvalue weighted by molar-refractivity contribution is 5.95. The number of alkyl halides is 3. The zero-order valence-electron chi connectivity index (χ0n) is 16.2. The summed E-state index contributed by atoms with van der Waals surface area (Å²) in [6.45, 7) is 4.78. The summed E-state index contributed by atoms with van der Waals surface area (Å²) >= 11 is 0. The van der Waals surface area contributed by atoms with Crippen LogP contribution in [0.25, 0.3) is 0 Å². The molecule has 0 unspecified atom stereocenters. The monoisotopic (exact) mass is 405 g/mol. The van der Waals surface area contributed by atoms with Gasteiger partial charge in [-0.15, -0.1) is 0 Å². The molecule has 0 bridgehead atoms. The van der Waals surface area contributed by atoms with Gasteiger partial charge in [0.25, 0.3) is 5.91 Å². The smallest absolute Gasteiger partial charge is 0.416 e. The molecule has 0 saturated heterocycles. The molecule has 2 aromatic carbocycles. The Hall–Kier alpha value is -3.14. The number of halogens is 3. The molecule has 0 aliphatic heterocycles. The first-order valence-corrected chi connectivity index (χ1v) is 9.19. The SMILES string of the molecule is CCCOc1ccc(C(=O)NCC#Cc2cccc(C(F)(F)F)c2)cc1OCC. The van der Waals surface area contributed by atoms with Crippen molar-refractivity contribution in [2.24, 2.45) is 0 Å². The molecule has 0 saturated carbocycles. The van der Waals surface area contributed by atoms with Crippen molar-refractivity contribution in [1.29, 1.82) is 0 Å². The van der Waals surface area contributed by atoms with Gasteiger partial charge < -0.3 is 14.8 Å². The maximum Gasteiger partial charge on any atom is 0.416 e. The Morgan fingerprint density at radius 3 is 2.55 bits per heavy atom. The average molecular weight is 405 g/mol. The summed E-state index contributed by atoms with van der Waals surface area (Å²) < 4.78 is 49.2. The van der Waals surface area contributed by atoms with Crippen LogP contribution in [0.5, 0.6) is 11.5 Å². The van der Waals surface area contributed by atoms with Gasteiger partial charge in [-0.05, 0) is 49.7 Å². The van der Waals surface area contributed by atoms with E-state index in [1.807, 2.05) is 13.8 Å².